The van der Waals surface area contributed by atoms with E-state index in [4.69, 9.17) is 13.9 Å². The summed E-state index contributed by atoms with van der Waals surface area (Å²) in [6, 6.07) is 9.84. The fourth-order valence-corrected chi connectivity index (χ4v) is 7.31. The smallest absolute Gasteiger partial charge is 0.416 e. The third-order valence-electron chi connectivity index (χ3n) is 9.91. The molecule has 58 heavy (non-hydrogen) atoms. The minimum absolute atomic E-state index is 0.00158. The third-order valence-corrected chi connectivity index (χ3v) is 9.91. The van der Waals surface area contributed by atoms with Crippen LogP contribution in [-0.2, 0) is 59.0 Å². The van der Waals surface area contributed by atoms with E-state index >= 15 is 4.39 Å². The first-order chi connectivity index (χ1) is 27.4. The summed E-state index contributed by atoms with van der Waals surface area (Å²) in [7, 11) is 1.23. The van der Waals surface area contributed by atoms with Gasteiger partial charge < -0.3 is 24.5 Å². The number of likely N-dealkylation sites (tertiary alicyclic amines) is 1. The summed E-state index contributed by atoms with van der Waals surface area (Å²) in [5.74, 6) is -0.507. The largest absolute Gasteiger partial charge is 0.462 e. The Morgan fingerprint density at radius 1 is 0.966 bits per heavy atom. The van der Waals surface area contributed by atoms with Crippen molar-refractivity contribution in [1.82, 2.24) is 24.8 Å². The number of alkyl carbamates (subject to hydrolysis) is 1. The van der Waals surface area contributed by atoms with Crippen LogP contribution in [0.5, 0.6) is 0 Å². The van der Waals surface area contributed by atoms with Crippen LogP contribution in [0.1, 0.15) is 79.1 Å². The second-order valence-electron chi connectivity index (χ2n) is 15.0. The lowest BCUT2D eigenvalue weighted by Crippen LogP contribution is -2.50. The molecule has 312 valence electrons. The van der Waals surface area contributed by atoms with Gasteiger partial charge in [0.05, 0.1) is 56.2 Å². The van der Waals surface area contributed by atoms with Crippen LogP contribution in [0.4, 0.5) is 37.2 Å². The standard InChI is InChI=1S/C39H43F5N6O8/c1-37(2,3)58-35(53)46-30(23-7-5-8-24(17-23)45-34(52)47-55-4)21-50-33(51)32-31(49(36(50)54)20-27-28(39(42,43)44)9-6-10-29(27)41)22-56-38(32)13-15-48(16-14-38)19-26-12-11-25(18-40)57-26/h5-12,17,30H,13-16,18-22H2,1-4H3,(H,46,53)(H2,45,47,52). The van der Waals surface area contributed by atoms with Gasteiger partial charge in [-0.2, -0.15) is 13.2 Å². The number of aromatic nitrogens is 2. The van der Waals surface area contributed by atoms with Gasteiger partial charge in [-0.25, -0.2) is 28.6 Å². The van der Waals surface area contributed by atoms with E-state index in [1.807, 2.05) is 4.90 Å². The lowest BCUT2D eigenvalue weighted by atomic mass is 9.85. The fraction of sp³-hybridized carbons (Fsp3) is 0.436. The molecule has 0 radical (unpaired) electrons. The number of amides is 3. The maximum atomic E-state index is 15.4. The lowest BCUT2D eigenvalue weighted by Gasteiger charge is -2.38. The molecule has 1 spiro atoms. The van der Waals surface area contributed by atoms with Crippen molar-refractivity contribution < 1.29 is 50.3 Å². The van der Waals surface area contributed by atoms with Crippen LogP contribution >= 0.6 is 0 Å². The van der Waals surface area contributed by atoms with Gasteiger partial charge in [0.1, 0.15) is 35.2 Å². The molecule has 0 bridgehead atoms. The maximum absolute atomic E-state index is 15.4. The Morgan fingerprint density at radius 3 is 2.33 bits per heavy atom. The molecule has 4 aromatic rings. The molecule has 1 fully saturated rings. The molecule has 1 atom stereocenters. The van der Waals surface area contributed by atoms with Crippen molar-refractivity contribution >= 4 is 17.8 Å². The number of benzene rings is 2. The Labute approximate surface area is 328 Å². The van der Waals surface area contributed by atoms with Crippen LogP contribution in [0.25, 0.3) is 0 Å². The van der Waals surface area contributed by atoms with Crippen LogP contribution in [0.15, 0.2) is 68.6 Å². The number of hydrogen-bond donors (Lipinski definition) is 3. The average Bonchev–Trinajstić information content (AvgIpc) is 3.76. The van der Waals surface area contributed by atoms with Crippen LogP contribution in [0.3, 0.4) is 0 Å². The number of hydrogen-bond acceptors (Lipinski definition) is 9. The molecule has 2 aromatic carbocycles. The van der Waals surface area contributed by atoms with Crippen molar-refractivity contribution in [3.63, 3.8) is 0 Å². The van der Waals surface area contributed by atoms with Gasteiger partial charge >= 0.3 is 24.0 Å². The highest BCUT2D eigenvalue weighted by Gasteiger charge is 2.47. The Morgan fingerprint density at radius 2 is 1.67 bits per heavy atom. The SMILES string of the molecule is CONC(=O)Nc1cccc(C(Cn2c(=O)c3c(n(Cc4c(F)cccc4C(F)(F)F)c2=O)COC32CCN(Cc3ccc(CF)o3)CC2)NC(=O)OC(C)(C)C)c1. The Hall–Kier alpha value is -5.53. The first-order valence-corrected chi connectivity index (χ1v) is 18.3. The number of alkyl halides is 4. The number of nitrogens with one attached hydrogen (secondary N) is 3. The normalized spacial score (nSPS) is 15.9. The number of fused-ring (bicyclic) bond motifs is 2. The zero-order valence-electron chi connectivity index (χ0n) is 32.1. The number of carbonyl (C=O) groups excluding carboxylic acids is 2. The summed E-state index contributed by atoms with van der Waals surface area (Å²) in [5, 5.41) is 5.23. The summed E-state index contributed by atoms with van der Waals surface area (Å²) >= 11 is 0. The average molecular weight is 819 g/mol. The van der Waals surface area contributed by atoms with Crippen LogP contribution in [-0.4, -0.2) is 52.0 Å². The summed E-state index contributed by atoms with van der Waals surface area (Å²) in [4.78, 5) is 61.4. The summed E-state index contributed by atoms with van der Waals surface area (Å²) in [5.41, 5.74) is -3.60. The molecular formula is C39H43F5N6O8. The van der Waals surface area contributed by atoms with E-state index in [1.54, 1.807) is 39.0 Å². The molecule has 3 N–H and O–H groups in total. The monoisotopic (exact) mass is 818 g/mol. The van der Waals surface area contributed by atoms with Gasteiger partial charge in [0, 0.05) is 24.3 Å². The quantitative estimate of drug-likeness (QED) is 0.118. The van der Waals surface area contributed by atoms with Crippen LogP contribution in [0.2, 0.25) is 0 Å². The van der Waals surface area contributed by atoms with E-state index in [2.05, 4.69) is 21.0 Å². The molecule has 6 rings (SSSR count). The molecule has 1 unspecified atom stereocenters. The van der Waals surface area contributed by atoms with Gasteiger partial charge in [-0.1, -0.05) is 18.2 Å². The van der Waals surface area contributed by atoms with E-state index in [0.717, 1.165) is 21.3 Å². The van der Waals surface area contributed by atoms with Crippen LogP contribution < -0.4 is 27.4 Å². The fourth-order valence-electron chi connectivity index (χ4n) is 7.31. The summed E-state index contributed by atoms with van der Waals surface area (Å²) in [6.07, 6.45) is -5.47. The Bertz CT molecular complexity index is 2270. The van der Waals surface area contributed by atoms with Crippen molar-refractivity contribution in [3.8, 4) is 0 Å². The molecular weight excluding hydrogens is 775 g/mol. The maximum Gasteiger partial charge on any atom is 0.416 e. The van der Waals surface area contributed by atoms with Gasteiger partial charge in [-0.05, 0) is 75.6 Å². The number of piperidine rings is 1. The first kappa shape index (κ1) is 42.1. The van der Waals surface area contributed by atoms with Crippen LogP contribution in [0, 0.1) is 5.82 Å². The Kier molecular flexibility index (Phi) is 12.2. The number of nitrogens with zero attached hydrogens (tertiary/aromatic N) is 3. The molecule has 0 saturated carbocycles. The molecule has 2 aromatic heterocycles. The molecule has 14 nitrogen and oxygen atoms in total. The molecule has 4 heterocycles. The van der Waals surface area contributed by atoms with Crippen molar-refractivity contribution in [2.45, 2.75) is 89.9 Å². The second kappa shape index (κ2) is 16.8. The highest BCUT2D eigenvalue weighted by Crippen LogP contribution is 2.43. The van der Waals surface area contributed by atoms with Crippen molar-refractivity contribution in [2.24, 2.45) is 0 Å². The lowest BCUT2D eigenvalue weighted by molar-refractivity contribution is -0.138. The van der Waals surface area contributed by atoms with E-state index in [0.29, 0.717) is 37.0 Å². The summed E-state index contributed by atoms with van der Waals surface area (Å²) < 4.78 is 90.3. The molecule has 0 aliphatic carbocycles. The molecule has 1 saturated heterocycles. The zero-order chi connectivity index (χ0) is 42.0. The van der Waals surface area contributed by atoms with E-state index in [1.165, 1.54) is 25.3 Å². The molecule has 19 heteroatoms. The number of ether oxygens (including phenoxy) is 2. The third kappa shape index (κ3) is 9.26. The van der Waals surface area contributed by atoms with E-state index < -0.39 is 83.5 Å². The van der Waals surface area contributed by atoms with Crippen molar-refractivity contribution in [3.05, 3.63) is 121 Å². The second-order valence-corrected chi connectivity index (χ2v) is 15.0. The van der Waals surface area contributed by atoms with Gasteiger partial charge in [-0.15, -0.1) is 0 Å². The molecule has 2 aliphatic rings. The number of halogens is 5. The summed E-state index contributed by atoms with van der Waals surface area (Å²) in [6.45, 7) is 3.37. The van der Waals surface area contributed by atoms with Gasteiger partial charge in [0.15, 0.2) is 0 Å². The Balaban J connectivity index is 1.45. The number of urea groups is 1. The number of anilines is 1. The van der Waals surface area contributed by atoms with Crippen molar-refractivity contribution in [1.29, 1.82) is 0 Å². The highest BCUT2D eigenvalue weighted by molar-refractivity contribution is 5.88. The van der Waals surface area contributed by atoms with Gasteiger partial charge in [0.2, 0.25) is 0 Å². The predicted molar refractivity (Wildman–Crippen MR) is 198 cm³/mol. The van der Waals surface area contributed by atoms with E-state index in [9.17, 15) is 36.7 Å². The number of carbonyl (C=O) groups is 2. The predicted octanol–water partition coefficient (Wildman–Crippen LogP) is 6.25. The van der Waals surface area contributed by atoms with Gasteiger partial charge in [-0.3, -0.25) is 23.7 Å². The molecule has 2 aliphatic heterocycles. The minimum atomic E-state index is -4.98. The van der Waals surface area contributed by atoms with Gasteiger partial charge in [0.25, 0.3) is 5.56 Å². The molecule has 3 amide bonds. The van der Waals surface area contributed by atoms with Crippen molar-refractivity contribution in [2.75, 3.05) is 25.5 Å². The van der Waals surface area contributed by atoms with E-state index in [-0.39, 0.29) is 42.2 Å². The number of rotatable bonds is 11. The zero-order valence-corrected chi connectivity index (χ0v) is 32.1. The number of hydroxylamine groups is 1. The minimum Gasteiger partial charge on any atom is -0.462 e. The number of furan rings is 1. The highest BCUT2D eigenvalue weighted by atomic mass is 19.4. The first-order valence-electron chi connectivity index (χ1n) is 18.3. The topological polar surface area (TPSA) is 158 Å².